The number of hydrogen-bond acceptors (Lipinski definition) is 3. The van der Waals surface area contributed by atoms with Gasteiger partial charge in [0.1, 0.15) is 0 Å². The minimum absolute atomic E-state index is 0. The van der Waals surface area contributed by atoms with Gasteiger partial charge in [-0.05, 0) is 43.2 Å². The van der Waals surface area contributed by atoms with Crippen LogP contribution in [0, 0.1) is 0 Å². The molecule has 0 radical (unpaired) electrons. The summed E-state index contributed by atoms with van der Waals surface area (Å²) in [7, 11) is 0. The maximum Gasteiger partial charge on any atom is 0.257 e. The summed E-state index contributed by atoms with van der Waals surface area (Å²) >= 11 is 6.15. The fraction of sp³-hybridized carbons (Fsp3) is 0.263. The van der Waals surface area contributed by atoms with Crippen molar-refractivity contribution >= 4 is 47.2 Å². The minimum atomic E-state index is -0.827. The lowest BCUT2D eigenvalue weighted by Gasteiger charge is -2.22. The molecule has 2 amide bonds. The molecule has 2 aromatic carbocycles. The summed E-state index contributed by atoms with van der Waals surface area (Å²) in [5.41, 5.74) is 6.80. The van der Waals surface area contributed by atoms with Crippen LogP contribution in [-0.4, -0.2) is 17.4 Å². The zero-order valence-electron chi connectivity index (χ0n) is 14.1. The molecule has 4 N–H and O–H groups in total. The van der Waals surface area contributed by atoms with Crippen molar-refractivity contribution in [3.05, 3.63) is 59.1 Å². The first-order valence-corrected chi connectivity index (χ1v) is 8.62. The Morgan fingerprint density at radius 1 is 0.962 bits per heavy atom. The zero-order valence-corrected chi connectivity index (χ0v) is 15.7. The van der Waals surface area contributed by atoms with Crippen molar-refractivity contribution in [1.29, 1.82) is 0 Å². The van der Waals surface area contributed by atoms with Crippen LogP contribution in [0.1, 0.15) is 36.0 Å². The van der Waals surface area contributed by atoms with Gasteiger partial charge in [-0.3, -0.25) is 9.59 Å². The van der Waals surface area contributed by atoms with E-state index in [1.54, 1.807) is 30.3 Å². The number of rotatable bonds is 4. The van der Waals surface area contributed by atoms with Crippen LogP contribution < -0.4 is 16.4 Å². The van der Waals surface area contributed by atoms with Crippen LogP contribution in [0.2, 0.25) is 5.02 Å². The third-order valence-corrected chi connectivity index (χ3v) is 4.78. The Bertz CT molecular complexity index is 791. The molecule has 1 aliphatic carbocycles. The van der Waals surface area contributed by atoms with Gasteiger partial charge in [-0.1, -0.05) is 42.6 Å². The third kappa shape index (κ3) is 4.55. The average Bonchev–Trinajstić information content (AvgIpc) is 3.05. The number of nitrogens with two attached hydrogens (primary N) is 1. The largest absolute Gasteiger partial charge is 0.324 e. The maximum atomic E-state index is 12.5. The highest BCUT2D eigenvalue weighted by atomic mass is 35.5. The SMILES string of the molecule is Cl.NC1(C(=O)Nc2ccc(Cl)c(C(=O)Nc3ccccc3)c2)CCCC1. The van der Waals surface area contributed by atoms with E-state index in [9.17, 15) is 9.59 Å². The number of para-hydroxylation sites is 1. The molecule has 2 aromatic rings. The first-order chi connectivity index (χ1) is 12.0. The first kappa shape index (κ1) is 20.2. The van der Waals surface area contributed by atoms with Gasteiger partial charge in [0.2, 0.25) is 5.91 Å². The topological polar surface area (TPSA) is 84.2 Å². The van der Waals surface area contributed by atoms with E-state index in [2.05, 4.69) is 10.6 Å². The number of amides is 2. The Hall–Kier alpha value is -2.08. The van der Waals surface area contributed by atoms with Crippen LogP contribution in [0.25, 0.3) is 0 Å². The van der Waals surface area contributed by atoms with Gasteiger partial charge in [-0.25, -0.2) is 0 Å². The van der Waals surface area contributed by atoms with Gasteiger partial charge >= 0.3 is 0 Å². The van der Waals surface area contributed by atoms with E-state index in [1.165, 1.54) is 0 Å². The van der Waals surface area contributed by atoms with Crippen molar-refractivity contribution in [2.45, 2.75) is 31.2 Å². The van der Waals surface area contributed by atoms with Gasteiger partial charge in [0.05, 0.1) is 16.1 Å². The van der Waals surface area contributed by atoms with Crippen molar-refractivity contribution in [2.24, 2.45) is 5.73 Å². The number of nitrogens with one attached hydrogen (secondary N) is 2. The quantitative estimate of drug-likeness (QED) is 0.726. The standard InChI is InChI=1S/C19H20ClN3O2.ClH/c20-16-9-8-14(23-18(25)19(21)10-4-5-11-19)12-15(16)17(24)22-13-6-2-1-3-7-13;/h1-3,6-9,12H,4-5,10-11,21H2,(H,22,24)(H,23,25);1H. The van der Waals surface area contributed by atoms with Crippen LogP contribution in [0.15, 0.2) is 48.5 Å². The summed E-state index contributed by atoms with van der Waals surface area (Å²) in [6.07, 6.45) is 3.26. The lowest BCUT2D eigenvalue weighted by molar-refractivity contribution is -0.121. The highest BCUT2D eigenvalue weighted by Gasteiger charge is 2.37. The fourth-order valence-corrected chi connectivity index (χ4v) is 3.19. The van der Waals surface area contributed by atoms with E-state index in [-0.39, 0.29) is 24.2 Å². The molecule has 5 nitrogen and oxygen atoms in total. The Labute approximate surface area is 163 Å². The van der Waals surface area contributed by atoms with Crippen LogP contribution in [0.4, 0.5) is 11.4 Å². The molecule has 0 aromatic heterocycles. The van der Waals surface area contributed by atoms with Gasteiger partial charge in [-0.15, -0.1) is 12.4 Å². The van der Waals surface area contributed by atoms with E-state index in [0.717, 1.165) is 12.8 Å². The Morgan fingerprint density at radius 2 is 1.62 bits per heavy atom. The summed E-state index contributed by atoms with van der Waals surface area (Å²) < 4.78 is 0. The average molecular weight is 394 g/mol. The molecule has 26 heavy (non-hydrogen) atoms. The van der Waals surface area contributed by atoms with Crippen molar-refractivity contribution in [1.82, 2.24) is 0 Å². The molecule has 0 bridgehead atoms. The molecule has 1 fully saturated rings. The number of anilines is 2. The highest BCUT2D eigenvalue weighted by molar-refractivity contribution is 6.34. The molecule has 3 rings (SSSR count). The van der Waals surface area contributed by atoms with Crippen LogP contribution in [0.5, 0.6) is 0 Å². The molecule has 0 unspecified atom stereocenters. The van der Waals surface area contributed by atoms with Gasteiger partial charge in [0, 0.05) is 11.4 Å². The van der Waals surface area contributed by atoms with Crippen LogP contribution >= 0.6 is 24.0 Å². The van der Waals surface area contributed by atoms with Gasteiger partial charge in [0.15, 0.2) is 0 Å². The predicted molar refractivity (Wildman–Crippen MR) is 107 cm³/mol. The van der Waals surface area contributed by atoms with Crippen LogP contribution in [0.3, 0.4) is 0 Å². The Morgan fingerprint density at radius 3 is 2.27 bits per heavy atom. The summed E-state index contributed by atoms with van der Waals surface area (Å²) in [4.78, 5) is 24.9. The van der Waals surface area contributed by atoms with Crippen LogP contribution in [-0.2, 0) is 4.79 Å². The number of carbonyl (C=O) groups is 2. The van der Waals surface area contributed by atoms with Gasteiger partial charge in [0.25, 0.3) is 5.91 Å². The second-order valence-corrected chi connectivity index (χ2v) is 6.74. The molecule has 0 aliphatic heterocycles. The monoisotopic (exact) mass is 393 g/mol. The molecule has 1 saturated carbocycles. The van der Waals surface area contributed by atoms with E-state index in [1.807, 2.05) is 18.2 Å². The van der Waals surface area contributed by atoms with E-state index in [4.69, 9.17) is 17.3 Å². The molecule has 0 heterocycles. The van der Waals surface area contributed by atoms with E-state index >= 15 is 0 Å². The highest BCUT2D eigenvalue weighted by Crippen LogP contribution is 2.29. The van der Waals surface area contributed by atoms with Crippen molar-refractivity contribution in [3.8, 4) is 0 Å². The lowest BCUT2D eigenvalue weighted by Crippen LogP contribution is -2.48. The van der Waals surface area contributed by atoms with E-state index < -0.39 is 5.54 Å². The number of benzene rings is 2. The minimum Gasteiger partial charge on any atom is -0.324 e. The molecule has 1 aliphatic rings. The number of hydrogen-bond donors (Lipinski definition) is 3. The molecule has 0 saturated heterocycles. The molecular formula is C19H21Cl2N3O2. The third-order valence-electron chi connectivity index (χ3n) is 4.45. The van der Waals surface area contributed by atoms with Crippen molar-refractivity contribution < 1.29 is 9.59 Å². The summed E-state index contributed by atoms with van der Waals surface area (Å²) in [6, 6.07) is 13.9. The maximum absolute atomic E-state index is 12.5. The van der Waals surface area contributed by atoms with Crippen molar-refractivity contribution in [2.75, 3.05) is 10.6 Å². The number of carbonyl (C=O) groups excluding carboxylic acids is 2. The molecule has 0 spiro atoms. The zero-order chi connectivity index (χ0) is 17.9. The smallest absolute Gasteiger partial charge is 0.257 e. The Kier molecular flexibility index (Phi) is 6.64. The predicted octanol–water partition coefficient (Wildman–Crippen LogP) is 4.22. The summed E-state index contributed by atoms with van der Waals surface area (Å²) in [5, 5.41) is 5.90. The second kappa shape index (κ2) is 8.54. The Balaban J connectivity index is 0.00000243. The van der Waals surface area contributed by atoms with E-state index in [0.29, 0.717) is 34.8 Å². The lowest BCUT2D eigenvalue weighted by atomic mass is 9.98. The summed E-state index contributed by atoms with van der Waals surface area (Å²) in [5.74, 6) is -0.558. The molecule has 0 atom stereocenters. The van der Waals surface area contributed by atoms with Gasteiger partial charge < -0.3 is 16.4 Å². The van der Waals surface area contributed by atoms with Crippen molar-refractivity contribution in [3.63, 3.8) is 0 Å². The molecule has 7 heteroatoms. The second-order valence-electron chi connectivity index (χ2n) is 6.33. The fourth-order valence-electron chi connectivity index (χ4n) is 2.99. The molecular weight excluding hydrogens is 373 g/mol. The first-order valence-electron chi connectivity index (χ1n) is 8.24. The number of halogens is 2. The normalized spacial score (nSPS) is 15.0. The van der Waals surface area contributed by atoms with Gasteiger partial charge in [-0.2, -0.15) is 0 Å². The molecule has 138 valence electrons. The summed E-state index contributed by atoms with van der Waals surface area (Å²) in [6.45, 7) is 0.